The molecule has 0 radical (unpaired) electrons. The maximum Gasteiger partial charge on any atom is 0.191 e. The van der Waals surface area contributed by atoms with Crippen molar-refractivity contribution < 1.29 is 14.3 Å². The van der Waals surface area contributed by atoms with E-state index in [9.17, 15) is 4.79 Å². The molecule has 0 fully saturated rings. The number of rotatable bonds is 2. The molecular weight excluding hydrogens is 295 g/mol. The molecule has 5 heteroatoms. The Hall–Kier alpha value is -0.740. The Bertz CT molecular complexity index is 433. The molecule has 1 aromatic rings. The van der Waals surface area contributed by atoms with Crippen molar-refractivity contribution in [1.29, 1.82) is 0 Å². The summed E-state index contributed by atoms with van der Waals surface area (Å²) in [7, 11) is 0. The van der Waals surface area contributed by atoms with Crippen LogP contribution in [0.5, 0.6) is 11.5 Å². The molecule has 0 saturated carbocycles. The van der Waals surface area contributed by atoms with Gasteiger partial charge in [0.15, 0.2) is 23.4 Å². The fourth-order valence-electron chi connectivity index (χ4n) is 1.44. The van der Waals surface area contributed by atoms with Gasteiger partial charge < -0.3 is 9.47 Å². The van der Waals surface area contributed by atoms with Crippen LogP contribution >= 0.6 is 27.5 Å². The van der Waals surface area contributed by atoms with Crippen molar-refractivity contribution in [3.05, 3.63) is 22.7 Å². The summed E-state index contributed by atoms with van der Waals surface area (Å²) in [6, 6.07) is 3.49. The van der Waals surface area contributed by atoms with E-state index in [0.29, 0.717) is 16.5 Å². The second kappa shape index (κ2) is 4.63. The van der Waals surface area contributed by atoms with E-state index in [1.807, 2.05) is 13.0 Å². The Morgan fingerprint density at radius 3 is 3.00 bits per heavy atom. The van der Waals surface area contributed by atoms with Crippen molar-refractivity contribution in [2.75, 3.05) is 11.9 Å². The summed E-state index contributed by atoms with van der Waals surface area (Å²) >= 11 is 9.08. The van der Waals surface area contributed by atoms with E-state index in [1.54, 1.807) is 6.07 Å². The number of hydrogen-bond donors (Lipinski definition) is 0. The third-order valence-electron chi connectivity index (χ3n) is 2.38. The van der Waals surface area contributed by atoms with Crippen LogP contribution in [0.4, 0.5) is 0 Å². The number of halogens is 2. The molecule has 86 valence electrons. The van der Waals surface area contributed by atoms with E-state index in [1.165, 1.54) is 0 Å². The molecule has 0 bridgehead atoms. The van der Waals surface area contributed by atoms with Crippen LogP contribution < -0.4 is 9.47 Å². The lowest BCUT2D eigenvalue weighted by molar-refractivity contribution is -0.125. The van der Waals surface area contributed by atoms with Crippen LogP contribution in [0.25, 0.3) is 0 Å². The van der Waals surface area contributed by atoms with Crippen LogP contribution in [0, 0.1) is 6.92 Å². The highest BCUT2D eigenvalue weighted by Gasteiger charge is 2.26. The van der Waals surface area contributed by atoms with Gasteiger partial charge in [0.05, 0.1) is 5.33 Å². The van der Waals surface area contributed by atoms with Gasteiger partial charge in [0, 0.05) is 11.1 Å². The average molecular weight is 306 g/mol. The first-order valence-electron chi connectivity index (χ1n) is 4.80. The number of hydrogen-bond acceptors (Lipinski definition) is 3. The molecule has 1 heterocycles. The first-order valence-corrected chi connectivity index (χ1v) is 6.30. The normalized spacial score (nSPS) is 18.3. The molecule has 1 unspecified atom stereocenters. The zero-order valence-corrected chi connectivity index (χ0v) is 11.0. The van der Waals surface area contributed by atoms with Gasteiger partial charge in [0.2, 0.25) is 0 Å². The topological polar surface area (TPSA) is 35.5 Å². The molecular formula is C11H10BrClO3. The lowest BCUT2D eigenvalue weighted by Crippen LogP contribution is -2.37. The second-order valence-corrected chi connectivity index (χ2v) is 4.53. The smallest absolute Gasteiger partial charge is 0.191 e. The third kappa shape index (κ3) is 2.18. The minimum Gasteiger partial charge on any atom is -0.485 e. The Morgan fingerprint density at radius 2 is 2.31 bits per heavy atom. The number of aryl methyl sites for hydroxylation is 1. The first kappa shape index (κ1) is 11.7. The number of fused-ring (bicyclic) bond motifs is 1. The van der Waals surface area contributed by atoms with Gasteiger partial charge in [-0.15, -0.1) is 0 Å². The van der Waals surface area contributed by atoms with Crippen LogP contribution in [-0.2, 0) is 4.79 Å². The third-order valence-corrected chi connectivity index (χ3v) is 3.34. The molecule has 1 aliphatic heterocycles. The van der Waals surface area contributed by atoms with E-state index in [2.05, 4.69) is 15.9 Å². The average Bonchev–Trinajstić information content (AvgIpc) is 2.29. The van der Waals surface area contributed by atoms with E-state index in [-0.39, 0.29) is 17.7 Å². The van der Waals surface area contributed by atoms with Crippen molar-refractivity contribution in [2.24, 2.45) is 0 Å². The predicted octanol–water partition coefficient (Wildman–Crippen LogP) is 2.75. The lowest BCUT2D eigenvalue weighted by Gasteiger charge is -2.25. The lowest BCUT2D eigenvalue weighted by atomic mass is 10.2. The van der Waals surface area contributed by atoms with Gasteiger partial charge in [-0.05, 0) is 18.6 Å². The zero-order valence-electron chi connectivity index (χ0n) is 8.63. The molecule has 0 aliphatic carbocycles. The second-order valence-electron chi connectivity index (χ2n) is 3.57. The Kier molecular flexibility index (Phi) is 3.40. The minimum atomic E-state index is -0.550. The predicted molar refractivity (Wildman–Crippen MR) is 64.9 cm³/mol. The SMILES string of the molecule is Cc1cc2c(cc1Cl)OC(C(=O)CBr)CO2. The number of benzene rings is 1. The van der Waals surface area contributed by atoms with Crippen molar-refractivity contribution in [3.8, 4) is 11.5 Å². The van der Waals surface area contributed by atoms with Crippen molar-refractivity contribution in [1.82, 2.24) is 0 Å². The van der Waals surface area contributed by atoms with Gasteiger partial charge in [0.1, 0.15) is 6.61 Å². The van der Waals surface area contributed by atoms with Gasteiger partial charge in [-0.3, -0.25) is 4.79 Å². The van der Waals surface area contributed by atoms with Gasteiger partial charge in [-0.2, -0.15) is 0 Å². The summed E-state index contributed by atoms with van der Waals surface area (Å²) in [4.78, 5) is 11.4. The maximum atomic E-state index is 11.4. The van der Waals surface area contributed by atoms with Gasteiger partial charge in [-0.25, -0.2) is 0 Å². The fraction of sp³-hybridized carbons (Fsp3) is 0.364. The minimum absolute atomic E-state index is 0.0395. The highest BCUT2D eigenvalue weighted by Crippen LogP contribution is 2.36. The molecule has 0 N–H and O–H groups in total. The van der Waals surface area contributed by atoms with Crippen molar-refractivity contribution in [2.45, 2.75) is 13.0 Å². The highest BCUT2D eigenvalue weighted by atomic mass is 79.9. The molecule has 3 nitrogen and oxygen atoms in total. The Balaban J connectivity index is 2.27. The molecule has 0 aromatic heterocycles. The van der Waals surface area contributed by atoms with Gasteiger partial charge in [-0.1, -0.05) is 27.5 Å². The summed E-state index contributed by atoms with van der Waals surface area (Å²) in [5.74, 6) is 1.13. The number of carbonyl (C=O) groups excluding carboxylic acids is 1. The molecule has 1 atom stereocenters. The van der Waals surface area contributed by atoms with Crippen LogP contribution in [-0.4, -0.2) is 23.8 Å². The zero-order chi connectivity index (χ0) is 11.7. The highest BCUT2D eigenvalue weighted by molar-refractivity contribution is 9.09. The molecule has 2 rings (SSSR count). The number of Topliss-reactive ketones (excluding diaryl/α,β-unsaturated/α-hetero) is 1. The standard InChI is InChI=1S/C11H10BrClO3/c1-6-2-9-10(3-7(6)13)16-11(5-15-9)8(14)4-12/h2-3,11H,4-5H2,1H3. The Labute approximate surface area is 107 Å². The van der Waals surface area contributed by atoms with E-state index < -0.39 is 6.10 Å². The first-order chi connectivity index (χ1) is 7.61. The van der Waals surface area contributed by atoms with E-state index >= 15 is 0 Å². The summed E-state index contributed by atoms with van der Waals surface area (Å²) < 4.78 is 11.0. The number of ether oxygens (including phenoxy) is 2. The quantitative estimate of drug-likeness (QED) is 0.788. The monoisotopic (exact) mass is 304 g/mol. The maximum absolute atomic E-state index is 11.4. The molecule has 0 spiro atoms. The Morgan fingerprint density at radius 1 is 1.56 bits per heavy atom. The van der Waals surface area contributed by atoms with Crippen LogP contribution in [0.2, 0.25) is 5.02 Å². The van der Waals surface area contributed by atoms with Crippen LogP contribution in [0.15, 0.2) is 12.1 Å². The molecule has 0 amide bonds. The largest absolute Gasteiger partial charge is 0.485 e. The van der Waals surface area contributed by atoms with Crippen LogP contribution in [0.3, 0.4) is 0 Å². The van der Waals surface area contributed by atoms with E-state index in [0.717, 1.165) is 5.56 Å². The molecule has 1 aromatic carbocycles. The van der Waals surface area contributed by atoms with Gasteiger partial charge >= 0.3 is 0 Å². The van der Waals surface area contributed by atoms with Gasteiger partial charge in [0.25, 0.3) is 0 Å². The number of ketones is 1. The number of carbonyl (C=O) groups is 1. The summed E-state index contributed by atoms with van der Waals surface area (Å²) in [6.45, 7) is 2.14. The van der Waals surface area contributed by atoms with Crippen LogP contribution in [0.1, 0.15) is 5.56 Å². The molecule has 1 aliphatic rings. The summed E-state index contributed by atoms with van der Waals surface area (Å²) in [5, 5.41) is 0.866. The molecule has 0 saturated heterocycles. The summed E-state index contributed by atoms with van der Waals surface area (Å²) in [5.41, 5.74) is 0.925. The molecule has 16 heavy (non-hydrogen) atoms. The number of alkyl halides is 1. The van der Waals surface area contributed by atoms with Crippen molar-refractivity contribution in [3.63, 3.8) is 0 Å². The van der Waals surface area contributed by atoms with Crippen molar-refractivity contribution >= 4 is 33.3 Å². The van der Waals surface area contributed by atoms with E-state index in [4.69, 9.17) is 21.1 Å². The summed E-state index contributed by atoms with van der Waals surface area (Å²) in [6.07, 6.45) is -0.550. The fourth-order valence-corrected chi connectivity index (χ4v) is 1.95.